The molecule has 1 spiro atoms. The number of ether oxygens (including phenoxy) is 2. The van der Waals surface area contributed by atoms with Crippen LogP contribution in [0.4, 0.5) is 0 Å². The number of phenolic OH excluding ortho intramolecular Hbond substituents is 1. The van der Waals surface area contributed by atoms with Gasteiger partial charge in [-0.3, -0.25) is 9.69 Å². The van der Waals surface area contributed by atoms with E-state index in [1.165, 1.54) is 0 Å². The zero-order chi connectivity index (χ0) is 17.1. The number of allylic oxidation sites excluding steroid dienone is 2. The molecule has 2 bridgehead atoms. The van der Waals surface area contributed by atoms with Gasteiger partial charge >= 0.3 is 0 Å². The summed E-state index contributed by atoms with van der Waals surface area (Å²) in [4.78, 5) is 14.8. The number of piperidine rings is 1. The average molecular weight is 327 g/mol. The van der Waals surface area contributed by atoms with Crippen molar-refractivity contribution in [2.24, 2.45) is 0 Å². The Morgan fingerprint density at radius 2 is 2.04 bits per heavy atom. The van der Waals surface area contributed by atoms with Crippen LogP contribution < -0.4 is 4.74 Å². The average Bonchev–Trinajstić information content (AvgIpc) is 2.59. The van der Waals surface area contributed by atoms with Crippen molar-refractivity contribution in [3.8, 4) is 11.5 Å². The van der Waals surface area contributed by atoms with Crippen molar-refractivity contribution in [2.45, 2.75) is 24.0 Å². The molecule has 1 aromatic carbocycles. The van der Waals surface area contributed by atoms with E-state index in [4.69, 9.17) is 9.47 Å². The van der Waals surface area contributed by atoms with Gasteiger partial charge in [0, 0.05) is 31.1 Å². The first-order chi connectivity index (χ1) is 11.5. The highest BCUT2D eigenvalue weighted by Gasteiger charge is 2.58. The molecular weight excluding hydrogens is 306 g/mol. The Bertz CT molecular complexity index is 797. The van der Waals surface area contributed by atoms with Crippen molar-refractivity contribution in [3.05, 3.63) is 41.0 Å². The number of likely N-dealkylation sites (tertiary alicyclic amines) is 1. The fourth-order valence-electron chi connectivity index (χ4n) is 4.55. The molecule has 4 rings (SSSR count). The van der Waals surface area contributed by atoms with Crippen LogP contribution in [0.3, 0.4) is 0 Å². The van der Waals surface area contributed by atoms with Gasteiger partial charge in [-0.2, -0.15) is 0 Å². The molecular formula is C19H21NO4. The van der Waals surface area contributed by atoms with Crippen molar-refractivity contribution in [1.29, 1.82) is 0 Å². The summed E-state index contributed by atoms with van der Waals surface area (Å²) in [6.07, 6.45) is 6.94. The first kappa shape index (κ1) is 15.4. The molecule has 2 aliphatic carbocycles. The minimum absolute atomic E-state index is 0.0340. The number of carbonyl (C=O) groups is 1. The predicted octanol–water partition coefficient (Wildman–Crippen LogP) is 2.24. The van der Waals surface area contributed by atoms with Crippen LogP contribution in [-0.2, 0) is 14.9 Å². The minimum Gasteiger partial charge on any atom is -0.504 e. The van der Waals surface area contributed by atoms with Crippen LogP contribution >= 0.6 is 0 Å². The number of hydrogen-bond donors (Lipinski definition) is 1. The first-order valence-corrected chi connectivity index (χ1v) is 8.10. The SMILES string of the molecule is COc1ccc2c(c1O)[C@]13CCN(C)[C@](OC)(C1)C(=O)C=C3C=C2. The van der Waals surface area contributed by atoms with Crippen LogP contribution in [0, 0.1) is 0 Å². The van der Waals surface area contributed by atoms with Gasteiger partial charge in [0.15, 0.2) is 17.2 Å². The van der Waals surface area contributed by atoms with E-state index >= 15 is 0 Å². The number of likely N-dealkylation sites (N-methyl/N-ethyl adjacent to an activating group) is 1. The molecule has 0 amide bonds. The molecule has 1 saturated heterocycles. The van der Waals surface area contributed by atoms with Gasteiger partial charge in [0.05, 0.1) is 7.11 Å². The van der Waals surface area contributed by atoms with Gasteiger partial charge < -0.3 is 14.6 Å². The third-order valence-electron chi connectivity index (χ3n) is 5.91. The van der Waals surface area contributed by atoms with Gasteiger partial charge in [-0.25, -0.2) is 0 Å². The van der Waals surface area contributed by atoms with E-state index in [0.29, 0.717) is 18.7 Å². The fourth-order valence-corrected chi connectivity index (χ4v) is 4.55. The second kappa shape index (κ2) is 4.94. The summed E-state index contributed by atoms with van der Waals surface area (Å²) in [5.41, 5.74) is 1.36. The van der Waals surface area contributed by atoms with E-state index in [-0.39, 0.29) is 11.5 Å². The number of fused-ring (bicyclic) bond motifs is 2. The molecule has 0 saturated carbocycles. The standard InChI is InChI=1S/C19H21NO4/c1-20-9-8-18-11-19(20,24-3)15(21)10-13(18)6-4-12-5-7-14(23-2)17(22)16(12)18/h4-7,10,22H,8-9,11H2,1-3H3/t18-,19+/m1/s1. The van der Waals surface area contributed by atoms with Crippen molar-refractivity contribution < 1.29 is 19.4 Å². The number of carbonyl (C=O) groups excluding carboxylic acids is 1. The van der Waals surface area contributed by atoms with E-state index < -0.39 is 11.1 Å². The van der Waals surface area contributed by atoms with Gasteiger partial charge in [-0.1, -0.05) is 18.2 Å². The van der Waals surface area contributed by atoms with Gasteiger partial charge in [0.25, 0.3) is 0 Å². The lowest BCUT2D eigenvalue weighted by atomic mass is 9.58. The first-order valence-electron chi connectivity index (χ1n) is 8.10. The Balaban J connectivity index is 2.01. The Hall–Kier alpha value is -2.11. The normalized spacial score (nSPS) is 31.3. The summed E-state index contributed by atoms with van der Waals surface area (Å²) in [6, 6.07) is 3.73. The summed E-state index contributed by atoms with van der Waals surface area (Å²) in [7, 11) is 5.04. The van der Waals surface area contributed by atoms with E-state index in [0.717, 1.165) is 23.1 Å². The number of rotatable bonds is 2. The van der Waals surface area contributed by atoms with Crippen molar-refractivity contribution in [3.63, 3.8) is 0 Å². The number of nitrogens with zero attached hydrogens (tertiary/aromatic N) is 1. The van der Waals surface area contributed by atoms with Gasteiger partial charge in [0.1, 0.15) is 0 Å². The number of aromatic hydroxyl groups is 1. The van der Waals surface area contributed by atoms with Crippen molar-refractivity contribution in [1.82, 2.24) is 4.90 Å². The molecule has 5 nitrogen and oxygen atoms in total. The molecule has 3 aliphatic rings. The van der Waals surface area contributed by atoms with Crippen LogP contribution in [0.5, 0.6) is 11.5 Å². The highest BCUT2D eigenvalue weighted by Crippen LogP contribution is 2.57. The minimum atomic E-state index is -0.973. The van der Waals surface area contributed by atoms with E-state index in [1.54, 1.807) is 26.4 Å². The zero-order valence-corrected chi connectivity index (χ0v) is 14.1. The Labute approximate surface area is 141 Å². The molecule has 1 N–H and O–H groups in total. The fraction of sp³-hybridized carbons (Fsp3) is 0.421. The summed E-state index contributed by atoms with van der Waals surface area (Å²) in [5, 5.41) is 10.8. The Kier molecular flexibility index (Phi) is 3.18. The van der Waals surface area contributed by atoms with Crippen LogP contribution in [0.15, 0.2) is 29.9 Å². The number of ketones is 1. The van der Waals surface area contributed by atoms with Gasteiger partial charge in [0.2, 0.25) is 5.78 Å². The second-order valence-electron chi connectivity index (χ2n) is 6.80. The van der Waals surface area contributed by atoms with Crippen molar-refractivity contribution >= 4 is 11.9 Å². The zero-order valence-electron chi connectivity index (χ0n) is 14.1. The van der Waals surface area contributed by atoms with Crippen LogP contribution in [0.1, 0.15) is 24.0 Å². The van der Waals surface area contributed by atoms with Gasteiger partial charge in [-0.05, 0) is 36.7 Å². The predicted molar refractivity (Wildman–Crippen MR) is 90.1 cm³/mol. The summed E-state index contributed by atoms with van der Waals surface area (Å²) < 4.78 is 11.0. The maximum absolute atomic E-state index is 12.8. The van der Waals surface area contributed by atoms with Crippen LogP contribution in [-0.4, -0.2) is 49.3 Å². The lowest BCUT2D eigenvalue weighted by Crippen LogP contribution is -2.64. The molecule has 1 fully saturated rings. The maximum atomic E-state index is 12.8. The smallest absolute Gasteiger partial charge is 0.202 e. The lowest BCUT2D eigenvalue weighted by Gasteiger charge is -2.55. The van der Waals surface area contributed by atoms with Crippen LogP contribution in [0.25, 0.3) is 6.08 Å². The molecule has 126 valence electrons. The molecule has 0 radical (unpaired) electrons. The molecule has 2 atom stereocenters. The topological polar surface area (TPSA) is 59.0 Å². The number of phenols is 1. The summed E-state index contributed by atoms with van der Waals surface area (Å²) >= 11 is 0. The molecule has 1 aliphatic heterocycles. The summed E-state index contributed by atoms with van der Waals surface area (Å²) in [5.74, 6) is 0.582. The molecule has 1 heterocycles. The van der Waals surface area contributed by atoms with E-state index in [2.05, 4.69) is 0 Å². The molecule has 5 heteroatoms. The third-order valence-corrected chi connectivity index (χ3v) is 5.91. The highest BCUT2D eigenvalue weighted by atomic mass is 16.5. The summed E-state index contributed by atoms with van der Waals surface area (Å²) in [6.45, 7) is 0.709. The monoisotopic (exact) mass is 327 g/mol. The Morgan fingerprint density at radius 1 is 1.25 bits per heavy atom. The quantitative estimate of drug-likeness (QED) is 0.903. The number of methoxy groups -OCH3 is 2. The molecule has 0 unspecified atom stereocenters. The molecule has 0 aromatic heterocycles. The lowest BCUT2D eigenvalue weighted by molar-refractivity contribution is -0.178. The van der Waals surface area contributed by atoms with Gasteiger partial charge in [-0.15, -0.1) is 0 Å². The third kappa shape index (κ3) is 1.69. The Morgan fingerprint density at radius 3 is 2.75 bits per heavy atom. The van der Waals surface area contributed by atoms with Crippen LogP contribution in [0.2, 0.25) is 0 Å². The number of benzene rings is 1. The second-order valence-corrected chi connectivity index (χ2v) is 6.80. The highest BCUT2D eigenvalue weighted by molar-refractivity contribution is 6.00. The van der Waals surface area contributed by atoms with Crippen molar-refractivity contribution in [2.75, 3.05) is 27.8 Å². The largest absolute Gasteiger partial charge is 0.504 e. The maximum Gasteiger partial charge on any atom is 0.202 e. The van der Waals surface area contributed by atoms with E-state index in [9.17, 15) is 9.90 Å². The van der Waals surface area contributed by atoms with E-state index in [1.807, 2.05) is 30.2 Å². The number of hydrogen-bond acceptors (Lipinski definition) is 5. The molecule has 1 aromatic rings. The molecule has 24 heavy (non-hydrogen) atoms.